The van der Waals surface area contributed by atoms with Crippen molar-refractivity contribution in [2.75, 3.05) is 26.5 Å². The fourth-order valence-electron chi connectivity index (χ4n) is 4.14. The van der Waals surface area contributed by atoms with E-state index in [4.69, 9.17) is 14.7 Å². The van der Waals surface area contributed by atoms with Gasteiger partial charge in [0, 0.05) is 31.0 Å². The molecule has 2 aromatic carbocycles. The van der Waals surface area contributed by atoms with Crippen molar-refractivity contribution >= 4 is 11.6 Å². The Morgan fingerprint density at radius 2 is 1.81 bits per heavy atom. The van der Waals surface area contributed by atoms with E-state index >= 15 is 0 Å². The summed E-state index contributed by atoms with van der Waals surface area (Å²) in [6.45, 7) is 1.35. The van der Waals surface area contributed by atoms with Crippen LogP contribution in [0.1, 0.15) is 11.1 Å². The van der Waals surface area contributed by atoms with Gasteiger partial charge in [-0.05, 0) is 79.8 Å². The van der Waals surface area contributed by atoms with Crippen LogP contribution in [0.15, 0.2) is 79.1 Å². The number of pyridine rings is 1. The number of ether oxygens (including phenoxy) is 1. The third-order valence-electron chi connectivity index (χ3n) is 5.79. The number of hydrogen-bond acceptors (Lipinski definition) is 6. The zero-order valence-corrected chi connectivity index (χ0v) is 20.4. The zero-order valence-electron chi connectivity index (χ0n) is 20.4. The molecule has 8 heteroatoms. The second-order valence-electron chi connectivity index (χ2n) is 8.79. The first-order chi connectivity index (χ1) is 17.5. The standard InChI is InChI=1S/C28H27FN6O/c1-34(2)18-20-12-14-35-25(16-20)33-26(21-7-9-22(29)10-8-21)27(35)24-11-13-30-28(32-24)31-17-19-5-4-6-23(15-19)36-3/h4-16H,17-18H2,1-3H3,(H,30,31,32). The van der Waals surface area contributed by atoms with Crippen LogP contribution in [-0.2, 0) is 13.1 Å². The van der Waals surface area contributed by atoms with Gasteiger partial charge in [0.05, 0.1) is 24.2 Å². The van der Waals surface area contributed by atoms with Gasteiger partial charge in [-0.2, -0.15) is 0 Å². The van der Waals surface area contributed by atoms with E-state index in [-0.39, 0.29) is 5.82 Å². The SMILES string of the molecule is COc1cccc(CNc2nccc(-c3c(-c4ccc(F)cc4)nc4cc(CN(C)C)ccn34)n2)c1. The monoisotopic (exact) mass is 482 g/mol. The van der Waals surface area contributed by atoms with Gasteiger partial charge in [0.2, 0.25) is 5.95 Å². The fraction of sp³-hybridized carbons (Fsp3) is 0.179. The molecular weight excluding hydrogens is 455 g/mol. The lowest BCUT2D eigenvalue weighted by atomic mass is 10.1. The number of nitrogens with zero attached hydrogens (tertiary/aromatic N) is 5. The van der Waals surface area contributed by atoms with E-state index in [1.165, 1.54) is 12.1 Å². The van der Waals surface area contributed by atoms with E-state index in [9.17, 15) is 4.39 Å². The molecule has 3 aromatic heterocycles. The van der Waals surface area contributed by atoms with Gasteiger partial charge in [0.1, 0.15) is 17.2 Å². The third-order valence-corrected chi connectivity index (χ3v) is 5.79. The summed E-state index contributed by atoms with van der Waals surface area (Å²) in [6, 6.07) is 20.2. The van der Waals surface area contributed by atoms with Crippen LogP contribution in [0.4, 0.5) is 10.3 Å². The van der Waals surface area contributed by atoms with Gasteiger partial charge in [-0.3, -0.25) is 4.40 Å². The molecule has 0 saturated carbocycles. The first kappa shape index (κ1) is 23.4. The number of anilines is 1. The summed E-state index contributed by atoms with van der Waals surface area (Å²) in [5.41, 5.74) is 6.08. The van der Waals surface area contributed by atoms with Crippen LogP contribution in [0.2, 0.25) is 0 Å². The molecule has 0 radical (unpaired) electrons. The average molecular weight is 483 g/mol. The van der Waals surface area contributed by atoms with E-state index in [1.54, 1.807) is 25.4 Å². The van der Waals surface area contributed by atoms with Gasteiger partial charge in [-0.15, -0.1) is 0 Å². The molecule has 0 amide bonds. The Morgan fingerprint density at radius 1 is 0.972 bits per heavy atom. The molecule has 5 rings (SSSR count). The molecule has 0 unspecified atom stereocenters. The van der Waals surface area contributed by atoms with Gasteiger partial charge in [0.15, 0.2) is 0 Å². The van der Waals surface area contributed by atoms with Crippen molar-refractivity contribution in [2.45, 2.75) is 13.1 Å². The van der Waals surface area contributed by atoms with Gasteiger partial charge in [-0.25, -0.2) is 19.3 Å². The number of aromatic nitrogens is 4. The first-order valence-electron chi connectivity index (χ1n) is 11.6. The average Bonchev–Trinajstić information content (AvgIpc) is 3.26. The zero-order chi connectivity index (χ0) is 25.1. The molecule has 3 heterocycles. The third kappa shape index (κ3) is 5.04. The van der Waals surface area contributed by atoms with Crippen LogP contribution in [0.5, 0.6) is 5.75 Å². The van der Waals surface area contributed by atoms with Gasteiger partial charge < -0.3 is 15.0 Å². The number of fused-ring (bicyclic) bond motifs is 1. The number of rotatable bonds is 8. The predicted octanol–water partition coefficient (Wildman–Crippen LogP) is 5.28. The minimum atomic E-state index is -0.289. The van der Waals surface area contributed by atoms with Crippen LogP contribution in [0.25, 0.3) is 28.3 Å². The Bertz CT molecular complexity index is 1500. The highest BCUT2D eigenvalue weighted by atomic mass is 19.1. The van der Waals surface area contributed by atoms with Crippen LogP contribution in [0, 0.1) is 5.82 Å². The van der Waals surface area contributed by atoms with Crippen LogP contribution >= 0.6 is 0 Å². The molecule has 0 aliphatic rings. The van der Waals surface area contributed by atoms with Crippen LogP contribution < -0.4 is 10.1 Å². The maximum absolute atomic E-state index is 13.7. The molecule has 5 aromatic rings. The summed E-state index contributed by atoms with van der Waals surface area (Å²) in [7, 11) is 5.72. The molecule has 0 aliphatic heterocycles. The predicted molar refractivity (Wildman–Crippen MR) is 139 cm³/mol. The number of halogens is 1. The molecule has 0 bridgehead atoms. The fourth-order valence-corrected chi connectivity index (χ4v) is 4.14. The van der Waals surface area contributed by atoms with Crippen molar-refractivity contribution in [1.82, 2.24) is 24.3 Å². The lowest BCUT2D eigenvalue weighted by Gasteiger charge is -2.11. The Morgan fingerprint density at radius 3 is 2.58 bits per heavy atom. The maximum Gasteiger partial charge on any atom is 0.223 e. The van der Waals surface area contributed by atoms with Crippen LogP contribution in [-0.4, -0.2) is 45.5 Å². The highest BCUT2D eigenvalue weighted by molar-refractivity contribution is 5.80. The smallest absolute Gasteiger partial charge is 0.223 e. The lowest BCUT2D eigenvalue weighted by Crippen LogP contribution is -2.10. The summed E-state index contributed by atoms with van der Waals surface area (Å²) in [5.74, 6) is 1.01. The number of nitrogens with one attached hydrogen (secondary N) is 1. The lowest BCUT2D eigenvalue weighted by molar-refractivity contribution is 0.402. The number of benzene rings is 2. The van der Waals surface area contributed by atoms with E-state index in [2.05, 4.69) is 27.3 Å². The molecule has 7 nitrogen and oxygen atoms in total. The van der Waals surface area contributed by atoms with Gasteiger partial charge in [0.25, 0.3) is 0 Å². The summed E-state index contributed by atoms with van der Waals surface area (Å²) < 4.78 is 21.0. The Balaban J connectivity index is 1.54. The minimum absolute atomic E-state index is 0.289. The Kier molecular flexibility index (Phi) is 6.60. The highest BCUT2D eigenvalue weighted by Crippen LogP contribution is 2.32. The van der Waals surface area contributed by atoms with Gasteiger partial charge >= 0.3 is 0 Å². The molecule has 0 atom stereocenters. The maximum atomic E-state index is 13.7. The number of methoxy groups -OCH3 is 1. The summed E-state index contributed by atoms with van der Waals surface area (Å²) >= 11 is 0. The van der Waals surface area contributed by atoms with Crippen molar-refractivity contribution in [3.8, 4) is 28.4 Å². The highest BCUT2D eigenvalue weighted by Gasteiger charge is 2.18. The number of imidazole rings is 1. The molecule has 0 saturated heterocycles. The molecule has 182 valence electrons. The van der Waals surface area contributed by atoms with Crippen molar-refractivity contribution < 1.29 is 9.13 Å². The minimum Gasteiger partial charge on any atom is -0.497 e. The van der Waals surface area contributed by atoms with Crippen molar-refractivity contribution in [2.24, 2.45) is 0 Å². The Labute approximate surface area is 209 Å². The summed E-state index contributed by atoms with van der Waals surface area (Å²) in [4.78, 5) is 16.2. The first-order valence-corrected chi connectivity index (χ1v) is 11.6. The summed E-state index contributed by atoms with van der Waals surface area (Å²) in [6.07, 6.45) is 3.74. The molecule has 1 N–H and O–H groups in total. The second kappa shape index (κ2) is 10.1. The molecule has 36 heavy (non-hydrogen) atoms. The van der Waals surface area contributed by atoms with Crippen LogP contribution in [0.3, 0.4) is 0 Å². The number of hydrogen-bond donors (Lipinski definition) is 1. The van der Waals surface area contributed by atoms with E-state index in [0.717, 1.165) is 46.0 Å². The van der Waals surface area contributed by atoms with E-state index < -0.39 is 0 Å². The second-order valence-corrected chi connectivity index (χ2v) is 8.79. The molecule has 0 fully saturated rings. The molecule has 0 aliphatic carbocycles. The summed E-state index contributed by atoms with van der Waals surface area (Å²) in [5, 5.41) is 3.30. The van der Waals surface area contributed by atoms with E-state index in [0.29, 0.717) is 18.2 Å². The van der Waals surface area contributed by atoms with E-state index in [1.807, 2.05) is 55.0 Å². The van der Waals surface area contributed by atoms with Crippen molar-refractivity contribution in [3.05, 3.63) is 96.1 Å². The topological polar surface area (TPSA) is 67.6 Å². The molecular formula is C28H27FN6O. The van der Waals surface area contributed by atoms with Crippen molar-refractivity contribution in [1.29, 1.82) is 0 Å². The Hall–Kier alpha value is -4.30. The largest absolute Gasteiger partial charge is 0.497 e. The van der Waals surface area contributed by atoms with Crippen molar-refractivity contribution in [3.63, 3.8) is 0 Å². The quantitative estimate of drug-likeness (QED) is 0.325. The van der Waals surface area contributed by atoms with Gasteiger partial charge in [-0.1, -0.05) is 12.1 Å². The molecule has 0 spiro atoms. The normalized spacial score (nSPS) is 11.2.